The number of carbonyl (C=O) groups is 1. The Kier molecular flexibility index (Phi) is 4.18. The highest BCUT2D eigenvalue weighted by Crippen LogP contribution is 2.44. The van der Waals surface area contributed by atoms with Crippen LogP contribution in [0.3, 0.4) is 0 Å². The second-order valence-corrected chi connectivity index (χ2v) is 6.09. The number of halogens is 1. The number of carbonyl (C=O) groups excluding carboxylic acids is 1. The fourth-order valence-corrected chi connectivity index (χ4v) is 3.29. The van der Waals surface area contributed by atoms with Crippen molar-refractivity contribution in [2.45, 2.75) is 32.1 Å². The lowest BCUT2D eigenvalue weighted by Crippen LogP contribution is -2.34. The fourth-order valence-electron chi connectivity index (χ4n) is 3.29. The van der Waals surface area contributed by atoms with Gasteiger partial charge in [0.15, 0.2) is 0 Å². The molecule has 0 N–H and O–H groups in total. The van der Waals surface area contributed by atoms with Crippen LogP contribution in [-0.4, -0.2) is 23.0 Å². The number of methoxy groups -OCH3 is 1. The van der Waals surface area contributed by atoms with Crippen molar-refractivity contribution in [2.75, 3.05) is 7.11 Å². The first-order chi connectivity index (χ1) is 11.5. The van der Waals surface area contributed by atoms with Gasteiger partial charge in [0.1, 0.15) is 11.2 Å². The van der Waals surface area contributed by atoms with Gasteiger partial charge in [-0.2, -0.15) is 0 Å². The molecule has 0 saturated carbocycles. The summed E-state index contributed by atoms with van der Waals surface area (Å²) < 4.78 is 19.1. The zero-order valence-electron chi connectivity index (χ0n) is 14.0. The van der Waals surface area contributed by atoms with Gasteiger partial charge in [0.05, 0.1) is 24.7 Å². The number of hydrogen-bond acceptors (Lipinski definition) is 4. The molecule has 0 fully saturated rings. The Morgan fingerprint density at radius 3 is 2.71 bits per heavy atom. The monoisotopic (exact) mass is 326 g/mol. The van der Waals surface area contributed by atoms with Crippen molar-refractivity contribution in [3.05, 3.63) is 65.0 Å². The van der Waals surface area contributed by atoms with Gasteiger partial charge in [-0.05, 0) is 49.5 Å². The quantitative estimate of drug-likeness (QED) is 0.810. The summed E-state index contributed by atoms with van der Waals surface area (Å²) in [6.45, 7) is 3.56. The highest BCUT2D eigenvalue weighted by atomic mass is 19.1. The van der Waals surface area contributed by atoms with Crippen LogP contribution >= 0.6 is 0 Å². The zero-order valence-corrected chi connectivity index (χ0v) is 14.0. The molecule has 0 saturated heterocycles. The number of benzene rings is 1. The third-order valence-electron chi connectivity index (χ3n) is 4.62. The molecule has 1 aliphatic carbocycles. The SMILES string of the molecule is COC(=O)[C@@]1(c2cccc(F)c2C)C=C(c2cnc(C)cn2)CC1. The minimum atomic E-state index is -0.983. The minimum Gasteiger partial charge on any atom is -0.468 e. The number of nitrogens with zero attached hydrogens (tertiary/aromatic N) is 2. The van der Waals surface area contributed by atoms with E-state index >= 15 is 0 Å². The van der Waals surface area contributed by atoms with Crippen LogP contribution in [0.4, 0.5) is 4.39 Å². The average Bonchev–Trinajstić information content (AvgIpc) is 3.03. The third kappa shape index (κ3) is 2.60. The first-order valence-corrected chi connectivity index (χ1v) is 7.82. The van der Waals surface area contributed by atoms with Crippen molar-refractivity contribution in [3.8, 4) is 0 Å². The molecule has 24 heavy (non-hydrogen) atoms. The Balaban J connectivity index is 2.13. The van der Waals surface area contributed by atoms with E-state index in [1.165, 1.54) is 13.2 Å². The van der Waals surface area contributed by atoms with Crippen LogP contribution in [0.25, 0.3) is 5.57 Å². The number of aryl methyl sites for hydroxylation is 1. The maximum Gasteiger partial charge on any atom is 0.320 e. The largest absolute Gasteiger partial charge is 0.468 e. The van der Waals surface area contributed by atoms with Crippen molar-refractivity contribution in [1.29, 1.82) is 0 Å². The average molecular weight is 326 g/mol. The van der Waals surface area contributed by atoms with Crippen LogP contribution in [0.15, 0.2) is 36.7 Å². The molecule has 0 spiro atoms. The summed E-state index contributed by atoms with van der Waals surface area (Å²) in [5.41, 5.74) is 2.62. The molecule has 1 heterocycles. The topological polar surface area (TPSA) is 52.1 Å². The van der Waals surface area contributed by atoms with Crippen LogP contribution in [-0.2, 0) is 14.9 Å². The predicted octanol–water partition coefficient (Wildman–Crippen LogP) is 3.52. The third-order valence-corrected chi connectivity index (χ3v) is 4.62. The summed E-state index contributed by atoms with van der Waals surface area (Å²) in [6, 6.07) is 4.81. The molecule has 0 amide bonds. The highest BCUT2D eigenvalue weighted by Gasteiger charge is 2.44. The van der Waals surface area contributed by atoms with Crippen molar-refractivity contribution < 1.29 is 13.9 Å². The van der Waals surface area contributed by atoms with Gasteiger partial charge in [-0.3, -0.25) is 14.8 Å². The smallest absolute Gasteiger partial charge is 0.320 e. The number of hydrogen-bond donors (Lipinski definition) is 0. The van der Waals surface area contributed by atoms with Gasteiger partial charge in [-0.25, -0.2) is 4.39 Å². The number of rotatable bonds is 3. The minimum absolute atomic E-state index is 0.326. The molecular weight excluding hydrogens is 307 g/mol. The van der Waals surface area contributed by atoms with E-state index in [1.54, 1.807) is 31.5 Å². The van der Waals surface area contributed by atoms with Gasteiger partial charge in [0, 0.05) is 6.20 Å². The van der Waals surface area contributed by atoms with E-state index in [0.29, 0.717) is 24.0 Å². The molecule has 124 valence electrons. The summed E-state index contributed by atoms with van der Waals surface area (Å²) in [4.78, 5) is 21.3. The number of ether oxygens (including phenoxy) is 1. The van der Waals surface area contributed by atoms with E-state index in [1.807, 2.05) is 13.0 Å². The highest BCUT2D eigenvalue weighted by molar-refractivity contribution is 5.91. The predicted molar refractivity (Wildman–Crippen MR) is 88.8 cm³/mol. The Bertz CT molecular complexity index is 815. The number of esters is 1. The standard InChI is InChI=1S/C19H19FN2O2/c1-12-10-22-17(11-21-12)14-7-8-19(9-14,18(23)24-3)15-5-4-6-16(20)13(15)2/h4-6,9-11H,7-8H2,1-3H3/t19-/m1/s1. The molecule has 3 rings (SSSR count). The molecule has 0 radical (unpaired) electrons. The fraction of sp³-hybridized carbons (Fsp3) is 0.316. The molecule has 5 heteroatoms. The summed E-state index contributed by atoms with van der Waals surface area (Å²) in [6.07, 6.45) is 6.44. The molecular formula is C19H19FN2O2. The Labute approximate surface area is 140 Å². The molecule has 1 aromatic heterocycles. The summed E-state index contributed by atoms with van der Waals surface area (Å²) in [5.74, 6) is -0.709. The van der Waals surface area contributed by atoms with Crippen LogP contribution in [0, 0.1) is 19.7 Å². The summed E-state index contributed by atoms with van der Waals surface area (Å²) >= 11 is 0. The van der Waals surface area contributed by atoms with Crippen molar-refractivity contribution in [1.82, 2.24) is 9.97 Å². The molecule has 4 nitrogen and oxygen atoms in total. The van der Waals surface area contributed by atoms with Crippen LogP contribution in [0.5, 0.6) is 0 Å². The van der Waals surface area contributed by atoms with Gasteiger partial charge in [-0.15, -0.1) is 0 Å². The van der Waals surface area contributed by atoms with Gasteiger partial charge >= 0.3 is 5.97 Å². The lowest BCUT2D eigenvalue weighted by Gasteiger charge is -2.26. The van der Waals surface area contributed by atoms with E-state index < -0.39 is 5.41 Å². The Morgan fingerprint density at radius 1 is 1.25 bits per heavy atom. The first-order valence-electron chi connectivity index (χ1n) is 7.82. The van der Waals surface area contributed by atoms with Crippen molar-refractivity contribution >= 4 is 11.5 Å². The van der Waals surface area contributed by atoms with E-state index in [4.69, 9.17) is 4.74 Å². The molecule has 0 bridgehead atoms. The van der Waals surface area contributed by atoms with Crippen LogP contribution in [0.2, 0.25) is 0 Å². The number of aromatic nitrogens is 2. The van der Waals surface area contributed by atoms with E-state index in [-0.39, 0.29) is 11.8 Å². The lowest BCUT2D eigenvalue weighted by molar-refractivity contribution is -0.145. The Hall–Kier alpha value is -2.56. The molecule has 2 aromatic rings. The summed E-state index contributed by atoms with van der Waals surface area (Å²) in [7, 11) is 1.36. The van der Waals surface area contributed by atoms with Crippen LogP contribution < -0.4 is 0 Å². The lowest BCUT2D eigenvalue weighted by atomic mass is 9.78. The van der Waals surface area contributed by atoms with Gasteiger partial charge in [-0.1, -0.05) is 18.2 Å². The molecule has 0 aliphatic heterocycles. The zero-order chi connectivity index (χ0) is 17.3. The molecule has 0 unspecified atom stereocenters. The van der Waals surface area contributed by atoms with E-state index in [0.717, 1.165) is 17.0 Å². The van der Waals surface area contributed by atoms with Gasteiger partial charge < -0.3 is 4.74 Å². The first kappa shape index (κ1) is 16.3. The molecule has 1 atom stereocenters. The Morgan fingerprint density at radius 2 is 2.04 bits per heavy atom. The normalized spacial score (nSPS) is 19.9. The number of allylic oxidation sites excluding steroid dienone is 1. The molecule has 1 aromatic carbocycles. The van der Waals surface area contributed by atoms with Crippen LogP contribution in [0.1, 0.15) is 35.4 Å². The summed E-state index contributed by atoms with van der Waals surface area (Å²) in [5, 5.41) is 0. The van der Waals surface area contributed by atoms with E-state index in [9.17, 15) is 9.18 Å². The van der Waals surface area contributed by atoms with Crippen molar-refractivity contribution in [2.24, 2.45) is 0 Å². The second-order valence-electron chi connectivity index (χ2n) is 6.09. The maximum atomic E-state index is 14.0. The van der Waals surface area contributed by atoms with E-state index in [2.05, 4.69) is 9.97 Å². The van der Waals surface area contributed by atoms with Crippen molar-refractivity contribution in [3.63, 3.8) is 0 Å². The maximum absolute atomic E-state index is 14.0. The van der Waals surface area contributed by atoms with Gasteiger partial charge in [0.25, 0.3) is 0 Å². The second kappa shape index (κ2) is 6.15. The van der Waals surface area contributed by atoms with Gasteiger partial charge in [0.2, 0.25) is 0 Å². The molecule has 1 aliphatic rings.